The van der Waals surface area contributed by atoms with Gasteiger partial charge >= 0.3 is 0 Å². The van der Waals surface area contributed by atoms with Crippen LogP contribution in [0.1, 0.15) is 6.92 Å². The van der Waals surface area contributed by atoms with E-state index >= 15 is 0 Å². The number of anilines is 1. The van der Waals surface area contributed by atoms with Crippen LogP contribution in [0.5, 0.6) is 5.75 Å². The summed E-state index contributed by atoms with van der Waals surface area (Å²) in [6.07, 6.45) is 1.79. The van der Waals surface area contributed by atoms with E-state index in [1.165, 1.54) is 11.8 Å². The molecule has 0 saturated carbocycles. The molecule has 1 aliphatic rings. The summed E-state index contributed by atoms with van der Waals surface area (Å²) in [5.41, 5.74) is 0.762. The van der Waals surface area contributed by atoms with E-state index in [0.717, 1.165) is 11.4 Å². The SMILES string of the molecule is CCOc1ccc(N2C(=O)/C(=C\N(C)C)SC2=S)cc1. The van der Waals surface area contributed by atoms with Crippen molar-refractivity contribution >= 4 is 39.9 Å². The topological polar surface area (TPSA) is 32.8 Å². The summed E-state index contributed by atoms with van der Waals surface area (Å²) in [5, 5.41) is 0. The zero-order chi connectivity index (χ0) is 14.7. The third-order valence-corrected chi connectivity index (χ3v) is 3.86. The molecule has 2 rings (SSSR count). The van der Waals surface area contributed by atoms with Crippen LogP contribution >= 0.6 is 24.0 Å². The second kappa shape index (κ2) is 6.28. The van der Waals surface area contributed by atoms with E-state index in [4.69, 9.17) is 17.0 Å². The van der Waals surface area contributed by atoms with Gasteiger partial charge in [-0.1, -0.05) is 24.0 Å². The van der Waals surface area contributed by atoms with Crippen LogP contribution < -0.4 is 9.64 Å². The molecule has 0 radical (unpaired) electrons. The van der Waals surface area contributed by atoms with Crippen LogP contribution in [-0.4, -0.2) is 35.8 Å². The molecular weight excluding hydrogens is 292 g/mol. The van der Waals surface area contributed by atoms with E-state index < -0.39 is 0 Å². The Labute approximate surface area is 128 Å². The summed E-state index contributed by atoms with van der Waals surface area (Å²) >= 11 is 6.61. The molecule has 1 fully saturated rings. The fourth-order valence-corrected chi connectivity index (χ4v) is 3.14. The number of nitrogens with zero attached hydrogens (tertiary/aromatic N) is 2. The van der Waals surface area contributed by atoms with Crippen molar-refractivity contribution in [3.8, 4) is 5.75 Å². The number of benzene rings is 1. The number of ether oxygens (including phenoxy) is 1. The highest BCUT2D eigenvalue weighted by atomic mass is 32.2. The monoisotopic (exact) mass is 308 g/mol. The Kier molecular flexibility index (Phi) is 4.67. The third kappa shape index (κ3) is 3.13. The maximum atomic E-state index is 12.4. The van der Waals surface area contributed by atoms with Gasteiger partial charge in [0.25, 0.3) is 5.91 Å². The summed E-state index contributed by atoms with van der Waals surface area (Å²) in [7, 11) is 3.76. The zero-order valence-corrected chi connectivity index (χ0v) is 13.3. The molecule has 1 amide bonds. The number of hydrogen-bond acceptors (Lipinski definition) is 5. The number of thiocarbonyl (C=S) groups is 1. The average molecular weight is 308 g/mol. The first-order valence-corrected chi connectivity index (χ1v) is 7.42. The largest absolute Gasteiger partial charge is 0.494 e. The van der Waals surface area contributed by atoms with Crippen molar-refractivity contribution in [1.29, 1.82) is 0 Å². The molecule has 20 heavy (non-hydrogen) atoms. The minimum Gasteiger partial charge on any atom is -0.494 e. The van der Waals surface area contributed by atoms with Gasteiger partial charge in [-0.05, 0) is 31.2 Å². The molecule has 6 heteroatoms. The van der Waals surface area contributed by atoms with Crippen molar-refractivity contribution in [3.05, 3.63) is 35.4 Å². The number of carbonyl (C=O) groups is 1. The Morgan fingerprint density at radius 3 is 2.55 bits per heavy atom. The molecule has 4 nitrogen and oxygen atoms in total. The summed E-state index contributed by atoms with van der Waals surface area (Å²) in [6.45, 7) is 2.55. The maximum Gasteiger partial charge on any atom is 0.272 e. The molecule has 0 bridgehead atoms. The van der Waals surface area contributed by atoms with Gasteiger partial charge in [0, 0.05) is 20.3 Å². The Morgan fingerprint density at radius 1 is 1.35 bits per heavy atom. The Hall–Kier alpha value is -1.53. The molecule has 1 aromatic carbocycles. The molecule has 0 aromatic heterocycles. The Morgan fingerprint density at radius 2 is 2.00 bits per heavy atom. The fourth-order valence-electron chi connectivity index (χ4n) is 1.77. The first kappa shape index (κ1) is 14.9. The first-order valence-electron chi connectivity index (χ1n) is 6.20. The molecule has 0 atom stereocenters. The molecule has 1 heterocycles. The van der Waals surface area contributed by atoms with Crippen molar-refractivity contribution in [2.24, 2.45) is 0 Å². The lowest BCUT2D eigenvalue weighted by Crippen LogP contribution is -2.27. The number of carbonyl (C=O) groups excluding carboxylic acids is 1. The molecular formula is C14H16N2O2S2. The van der Waals surface area contributed by atoms with Crippen molar-refractivity contribution in [2.75, 3.05) is 25.6 Å². The van der Waals surface area contributed by atoms with Crippen LogP contribution in [0.25, 0.3) is 0 Å². The third-order valence-electron chi connectivity index (χ3n) is 2.58. The smallest absolute Gasteiger partial charge is 0.272 e. The van der Waals surface area contributed by atoms with Crippen LogP contribution in [0.3, 0.4) is 0 Å². The second-order valence-corrected chi connectivity index (χ2v) is 6.07. The zero-order valence-electron chi connectivity index (χ0n) is 11.6. The fraction of sp³-hybridized carbons (Fsp3) is 0.286. The molecule has 0 N–H and O–H groups in total. The van der Waals surface area contributed by atoms with Gasteiger partial charge in [0.2, 0.25) is 0 Å². The van der Waals surface area contributed by atoms with Crippen molar-refractivity contribution in [2.45, 2.75) is 6.92 Å². The van der Waals surface area contributed by atoms with Crippen LogP contribution in [0, 0.1) is 0 Å². The first-order chi connectivity index (χ1) is 9.52. The molecule has 106 valence electrons. The van der Waals surface area contributed by atoms with Crippen LogP contribution in [0.2, 0.25) is 0 Å². The van der Waals surface area contributed by atoms with Gasteiger partial charge in [-0.3, -0.25) is 9.69 Å². The van der Waals surface area contributed by atoms with E-state index in [9.17, 15) is 4.79 Å². The Bertz CT molecular complexity index is 553. The number of amides is 1. The molecule has 1 aliphatic heterocycles. The molecule has 0 aliphatic carbocycles. The lowest BCUT2D eigenvalue weighted by Gasteiger charge is -2.15. The van der Waals surface area contributed by atoms with E-state index in [1.807, 2.05) is 50.2 Å². The standard InChI is InChI=1S/C14H16N2O2S2/c1-4-18-11-7-5-10(6-8-11)16-13(17)12(9-15(2)3)20-14(16)19/h5-9H,4H2,1-3H3/b12-9+. The van der Waals surface area contributed by atoms with Gasteiger partial charge in [-0.25, -0.2) is 0 Å². The van der Waals surface area contributed by atoms with Gasteiger partial charge < -0.3 is 9.64 Å². The summed E-state index contributed by atoms with van der Waals surface area (Å²) in [6, 6.07) is 7.36. The molecule has 1 aromatic rings. The minimum absolute atomic E-state index is 0.0853. The van der Waals surface area contributed by atoms with Gasteiger partial charge in [-0.2, -0.15) is 0 Å². The van der Waals surface area contributed by atoms with Crippen molar-refractivity contribution in [1.82, 2.24) is 4.90 Å². The van der Waals surface area contributed by atoms with E-state index in [2.05, 4.69) is 0 Å². The molecule has 1 saturated heterocycles. The Balaban J connectivity index is 2.24. The lowest BCUT2D eigenvalue weighted by atomic mass is 10.2. The normalized spacial score (nSPS) is 16.9. The highest BCUT2D eigenvalue weighted by Gasteiger charge is 2.33. The van der Waals surface area contributed by atoms with Crippen molar-refractivity contribution in [3.63, 3.8) is 0 Å². The van der Waals surface area contributed by atoms with Crippen molar-refractivity contribution < 1.29 is 9.53 Å². The van der Waals surface area contributed by atoms with Crippen LogP contribution in [0.4, 0.5) is 5.69 Å². The highest BCUT2D eigenvalue weighted by Crippen LogP contribution is 2.35. The maximum absolute atomic E-state index is 12.4. The van der Waals surface area contributed by atoms with E-state index in [1.54, 1.807) is 11.1 Å². The molecule has 0 spiro atoms. The van der Waals surface area contributed by atoms with E-state index in [-0.39, 0.29) is 5.91 Å². The second-order valence-electron chi connectivity index (χ2n) is 4.39. The average Bonchev–Trinajstić information content (AvgIpc) is 2.65. The quantitative estimate of drug-likeness (QED) is 0.631. The van der Waals surface area contributed by atoms with Crippen LogP contribution in [-0.2, 0) is 4.79 Å². The number of hydrogen-bond donors (Lipinski definition) is 0. The number of rotatable bonds is 4. The molecule has 0 unspecified atom stereocenters. The number of thioether (sulfide) groups is 1. The summed E-state index contributed by atoms with van der Waals surface area (Å²) in [4.78, 5) is 16.4. The van der Waals surface area contributed by atoms with Gasteiger partial charge in [0.05, 0.1) is 17.2 Å². The van der Waals surface area contributed by atoms with Gasteiger partial charge in [-0.15, -0.1) is 0 Å². The van der Waals surface area contributed by atoms with Gasteiger partial charge in [0.15, 0.2) is 4.32 Å². The predicted octanol–water partition coefficient (Wildman–Crippen LogP) is 2.85. The minimum atomic E-state index is -0.0853. The predicted molar refractivity (Wildman–Crippen MR) is 87.1 cm³/mol. The summed E-state index contributed by atoms with van der Waals surface area (Å²) < 4.78 is 5.94. The van der Waals surface area contributed by atoms with E-state index in [0.29, 0.717) is 15.8 Å². The highest BCUT2D eigenvalue weighted by molar-refractivity contribution is 8.27. The van der Waals surface area contributed by atoms with Gasteiger partial charge in [0.1, 0.15) is 5.75 Å². The van der Waals surface area contributed by atoms with Crippen LogP contribution in [0.15, 0.2) is 35.4 Å². The summed E-state index contributed by atoms with van der Waals surface area (Å²) in [5.74, 6) is 0.698. The lowest BCUT2D eigenvalue weighted by molar-refractivity contribution is -0.113.